The van der Waals surface area contributed by atoms with Gasteiger partial charge in [0.15, 0.2) is 0 Å². The maximum Gasteiger partial charge on any atom is 0.323 e. The molecule has 116 valence electrons. The summed E-state index contributed by atoms with van der Waals surface area (Å²) in [4.78, 5) is 15.6. The SMILES string of the molecule is CN1CCN(CCCCC(C)(N)C(=O)O)c2ccccc21. The van der Waals surface area contributed by atoms with Gasteiger partial charge in [-0.3, -0.25) is 4.79 Å². The van der Waals surface area contributed by atoms with E-state index >= 15 is 0 Å². The molecular formula is C16H25N3O2. The van der Waals surface area contributed by atoms with E-state index in [0.717, 1.165) is 32.5 Å². The van der Waals surface area contributed by atoms with Crippen LogP contribution in [0, 0.1) is 0 Å². The van der Waals surface area contributed by atoms with Gasteiger partial charge >= 0.3 is 5.97 Å². The third kappa shape index (κ3) is 3.67. The largest absolute Gasteiger partial charge is 0.480 e. The first kappa shape index (κ1) is 15.6. The quantitative estimate of drug-likeness (QED) is 0.784. The normalized spacial score (nSPS) is 17.3. The van der Waals surface area contributed by atoms with E-state index in [0.29, 0.717) is 6.42 Å². The van der Waals surface area contributed by atoms with E-state index in [-0.39, 0.29) is 0 Å². The Balaban J connectivity index is 1.88. The molecule has 1 unspecified atom stereocenters. The lowest BCUT2D eigenvalue weighted by Gasteiger charge is -2.37. The second-order valence-electron chi connectivity index (χ2n) is 6.08. The first-order valence-corrected chi connectivity index (χ1v) is 7.49. The van der Waals surface area contributed by atoms with Crippen LogP contribution in [-0.2, 0) is 4.79 Å². The number of para-hydroxylation sites is 2. The zero-order valence-corrected chi connectivity index (χ0v) is 12.9. The van der Waals surface area contributed by atoms with Crippen LogP contribution in [0.4, 0.5) is 11.4 Å². The molecule has 0 fully saturated rings. The highest BCUT2D eigenvalue weighted by Crippen LogP contribution is 2.31. The Kier molecular flexibility index (Phi) is 4.73. The molecule has 0 amide bonds. The highest BCUT2D eigenvalue weighted by Gasteiger charge is 2.27. The van der Waals surface area contributed by atoms with Crippen LogP contribution >= 0.6 is 0 Å². The van der Waals surface area contributed by atoms with Gasteiger partial charge in [-0.2, -0.15) is 0 Å². The van der Waals surface area contributed by atoms with Gasteiger partial charge in [0, 0.05) is 26.7 Å². The maximum atomic E-state index is 11.0. The van der Waals surface area contributed by atoms with Crippen molar-refractivity contribution in [2.24, 2.45) is 5.73 Å². The van der Waals surface area contributed by atoms with Crippen molar-refractivity contribution in [3.63, 3.8) is 0 Å². The predicted octanol–water partition coefficient (Wildman–Crippen LogP) is 1.92. The standard InChI is InChI=1S/C16H25N3O2/c1-16(17,15(20)21)9-5-6-10-19-12-11-18(2)13-7-3-4-8-14(13)19/h3-4,7-8H,5-6,9-12,17H2,1-2H3,(H,20,21). The van der Waals surface area contributed by atoms with Crippen molar-refractivity contribution < 1.29 is 9.90 Å². The molecule has 1 heterocycles. The van der Waals surface area contributed by atoms with Gasteiger partial charge in [0.05, 0.1) is 11.4 Å². The van der Waals surface area contributed by atoms with Gasteiger partial charge in [0.25, 0.3) is 0 Å². The number of carbonyl (C=O) groups is 1. The molecule has 0 radical (unpaired) electrons. The highest BCUT2D eigenvalue weighted by atomic mass is 16.4. The van der Waals surface area contributed by atoms with E-state index < -0.39 is 11.5 Å². The van der Waals surface area contributed by atoms with E-state index in [1.165, 1.54) is 11.4 Å². The molecule has 21 heavy (non-hydrogen) atoms. The number of likely N-dealkylation sites (N-methyl/N-ethyl adjacent to an activating group) is 1. The van der Waals surface area contributed by atoms with E-state index in [1.54, 1.807) is 6.92 Å². The van der Waals surface area contributed by atoms with Crippen molar-refractivity contribution >= 4 is 17.3 Å². The molecule has 0 saturated carbocycles. The first-order chi connectivity index (χ1) is 9.92. The van der Waals surface area contributed by atoms with Crippen LogP contribution in [0.2, 0.25) is 0 Å². The molecule has 3 N–H and O–H groups in total. The van der Waals surface area contributed by atoms with Crippen molar-refractivity contribution in [3.8, 4) is 0 Å². The average molecular weight is 291 g/mol. The lowest BCUT2D eigenvalue weighted by Crippen LogP contribution is -2.45. The number of benzene rings is 1. The first-order valence-electron chi connectivity index (χ1n) is 7.49. The van der Waals surface area contributed by atoms with Gasteiger partial charge in [0.1, 0.15) is 5.54 Å². The molecule has 1 aromatic carbocycles. The number of anilines is 2. The molecule has 0 bridgehead atoms. The molecule has 0 saturated heterocycles. The number of hydrogen-bond donors (Lipinski definition) is 2. The molecule has 2 rings (SSSR count). The van der Waals surface area contributed by atoms with E-state index in [4.69, 9.17) is 10.8 Å². The van der Waals surface area contributed by atoms with E-state index in [2.05, 4.69) is 41.1 Å². The summed E-state index contributed by atoms with van der Waals surface area (Å²) in [6.45, 7) is 4.55. The molecule has 0 aromatic heterocycles. The highest BCUT2D eigenvalue weighted by molar-refractivity contribution is 5.77. The Labute approximate surface area is 126 Å². The Morgan fingerprint density at radius 3 is 2.62 bits per heavy atom. The summed E-state index contributed by atoms with van der Waals surface area (Å²) in [5, 5.41) is 9.01. The minimum Gasteiger partial charge on any atom is -0.480 e. The average Bonchev–Trinajstić information content (AvgIpc) is 2.46. The molecule has 0 spiro atoms. The summed E-state index contributed by atoms with van der Waals surface area (Å²) < 4.78 is 0. The Bertz CT molecular complexity index is 502. The van der Waals surface area contributed by atoms with Crippen LogP contribution in [0.3, 0.4) is 0 Å². The molecular weight excluding hydrogens is 266 g/mol. The Hall–Kier alpha value is -1.75. The van der Waals surface area contributed by atoms with E-state index in [9.17, 15) is 4.79 Å². The molecule has 5 heteroatoms. The molecule has 5 nitrogen and oxygen atoms in total. The summed E-state index contributed by atoms with van der Waals surface area (Å²) >= 11 is 0. The molecule has 0 aliphatic carbocycles. The number of hydrogen-bond acceptors (Lipinski definition) is 4. The number of nitrogens with zero attached hydrogens (tertiary/aromatic N) is 2. The third-order valence-electron chi connectivity index (χ3n) is 4.20. The maximum absolute atomic E-state index is 11.0. The fourth-order valence-corrected chi connectivity index (χ4v) is 2.70. The topological polar surface area (TPSA) is 69.8 Å². The van der Waals surface area contributed by atoms with Crippen LogP contribution in [0.15, 0.2) is 24.3 Å². The minimum atomic E-state index is -1.11. The number of unbranched alkanes of at least 4 members (excludes halogenated alkanes) is 1. The Morgan fingerprint density at radius 2 is 1.95 bits per heavy atom. The van der Waals surface area contributed by atoms with Crippen LogP contribution < -0.4 is 15.5 Å². The third-order valence-corrected chi connectivity index (χ3v) is 4.20. The van der Waals surface area contributed by atoms with Gasteiger partial charge in [-0.25, -0.2) is 0 Å². The van der Waals surface area contributed by atoms with Gasteiger partial charge in [0.2, 0.25) is 0 Å². The monoisotopic (exact) mass is 291 g/mol. The Morgan fingerprint density at radius 1 is 1.29 bits per heavy atom. The van der Waals surface area contributed by atoms with Crippen molar-refractivity contribution in [2.45, 2.75) is 31.7 Å². The van der Waals surface area contributed by atoms with Crippen molar-refractivity contribution in [2.75, 3.05) is 36.5 Å². The van der Waals surface area contributed by atoms with Crippen LogP contribution in [-0.4, -0.2) is 43.3 Å². The molecule has 1 aliphatic rings. The lowest BCUT2D eigenvalue weighted by atomic mass is 9.96. The van der Waals surface area contributed by atoms with Gasteiger partial charge in [-0.15, -0.1) is 0 Å². The van der Waals surface area contributed by atoms with E-state index in [1.807, 2.05) is 0 Å². The zero-order chi connectivity index (χ0) is 15.5. The van der Waals surface area contributed by atoms with Crippen molar-refractivity contribution in [1.82, 2.24) is 0 Å². The zero-order valence-electron chi connectivity index (χ0n) is 12.9. The molecule has 1 atom stereocenters. The second-order valence-corrected chi connectivity index (χ2v) is 6.08. The fourth-order valence-electron chi connectivity index (χ4n) is 2.70. The molecule has 1 aromatic rings. The number of carboxylic acids is 1. The second kappa shape index (κ2) is 6.35. The summed E-state index contributed by atoms with van der Waals surface area (Å²) in [7, 11) is 2.11. The summed E-state index contributed by atoms with van der Waals surface area (Å²) in [6.07, 6.45) is 2.30. The predicted molar refractivity (Wildman–Crippen MR) is 86.0 cm³/mol. The van der Waals surface area contributed by atoms with Crippen molar-refractivity contribution in [1.29, 1.82) is 0 Å². The summed E-state index contributed by atoms with van der Waals surface area (Å²) in [5.74, 6) is -0.924. The number of aliphatic carboxylic acids is 1. The minimum absolute atomic E-state index is 0.512. The van der Waals surface area contributed by atoms with Crippen LogP contribution in [0.5, 0.6) is 0 Å². The van der Waals surface area contributed by atoms with Crippen LogP contribution in [0.25, 0.3) is 0 Å². The van der Waals surface area contributed by atoms with Gasteiger partial charge in [-0.05, 0) is 38.3 Å². The number of carboxylic acid groups (broad SMARTS) is 1. The van der Waals surface area contributed by atoms with Gasteiger partial charge in [-0.1, -0.05) is 12.1 Å². The lowest BCUT2D eigenvalue weighted by molar-refractivity contribution is -0.142. The summed E-state index contributed by atoms with van der Waals surface area (Å²) in [6, 6.07) is 8.41. The fraction of sp³-hybridized carbons (Fsp3) is 0.562. The number of rotatable bonds is 6. The number of nitrogens with two attached hydrogens (primary N) is 1. The van der Waals surface area contributed by atoms with Crippen LogP contribution in [0.1, 0.15) is 26.2 Å². The smallest absolute Gasteiger partial charge is 0.323 e. The molecule has 1 aliphatic heterocycles. The summed E-state index contributed by atoms with van der Waals surface area (Å²) in [5.41, 5.74) is 7.17. The number of fused-ring (bicyclic) bond motifs is 1. The van der Waals surface area contributed by atoms with Gasteiger partial charge < -0.3 is 20.6 Å². The van der Waals surface area contributed by atoms with Crippen molar-refractivity contribution in [3.05, 3.63) is 24.3 Å².